The van der Waals surface area contributed by atoms with Crippen molar-refractivity contribution in [2.45, 2.75) is 72.6 Å². The molecule has 1 rings (SSSR count). The van der Waals surface area contributed by atoms with E-state index in [2.05, 4.69) is 63.9 Å². The number of aryl methyl sites for hydroxylation is 2. The molecule has 0 aromatic heterocycles. The monoisotopic (exact) mass is 291 g/mol. The molecule has 1 aromatic carbocycles. The minimum absolute atomic E-state index is 1.15. The van der Waals surface area contributed by atoms with Crippen LogP contribution in [0.2, 0.25) is 0 Å². The topological polar surface area (TPSA) is 3.24 Å². The number of nitrogens with zero attached hydrogens (tertiary/aromatic N) is 1. The van der Waals surface area contributed by atoms with Gasteiger partial charge in [0, 0.05) is 0 Å². The Bertz CT molecular complexity index is 309. The molecule has 0 heterocycles. The Morgan fingerprint density at radius 3 is 1.67 bits per heavy atom. The number of rotatable bonds is 9. The number of hydrogen-bond acceptors (Lipinski definition) is 1. The van der Waals surface area contributed by atoms with E-state index < -0.39 is 0 Å². The van der Waals surface area contributed by atoms with E-state index in [1.807, 2.05) is 0 Å². The van der Waals surface area contributed by atoms with Crippen LogP contribution in [0.1, 0.15) is 70.9 Å². The van der Waals surface area contributed by atoms with Crippen molar-refractivity contribution in [3.05, 3.63) is 35.4 Å². The summed E-state index contributed by atoms with van der Waals surface area (Å²) >= 11 is 0. The van der Waals surface area contributed by atoms with E-state index in [0.29, 0.717) is 0 Å². The summed E-state index contributed by atoms with van der Waals surface area (Å²) in [6.45, 7) is 11.4. The minimum Gasteiger partial charge on any atom is -0.306 e. The Morgan fingerprint density at radius 1 is 0.714 bits per heavy atom. The van der Waals surface area contributed by atoms with Crippen molar-refractivity contribution < 1.29 is 0 Å². The van der Waals surface area contributed by atoms with E-state index in [4.69, 9.17) is 0 Å². The van der Waals surface area contributed by atoms with Crippen molar-refractivity contribution in [2.24, 2.45) is 0 Å². The Hall–Kier alpha value is -0.820. The van der Waals surface area contributed by atoms with Gasteiger partial charge < -0.3 is 4.90 Å². The number of benzene rings is 1. The summed E-state index contributed by atoms with van der Waals surface area (Å²) in [6, 6.07) is 9.05. The van der Waals surface area contributed by atoms with E-state index in [-0.39, 0.29) is 0 Å². The van der Waals surface area contributed by atoms with Gasteiger partial charge in [-0.25, -0.2) is 0 Å². The maximum absolute atomic E-state index is 2.36. The summed E-state index contributed by atoms with van der Waals surface area (Å²) < 4.78 is 0. The molecule has 0 N–H and O–H groups in total. The molecular weight excluding hydrogens is 254 g/mol. The van der Waals surface area contributed by atoms with Crippen LogP contribution >= 0.6 is 0 Å². The minimum atomic E-state index is 1.15. The SMILES string of the molecule is CCCCCc1ccc(CC)cc1.CCCN(C)CCC. The fourth-order valence-electron chi connectivity index (χ4n) is 2.40. The van der Waals surface area contributed by atoms with Gasteiger partial charge in [0.05, 0.1) is 0 Å². The molecule has 0 bridgehead atoms. The third-order valence-electron chi connectivity index (χ3n) is 3.71. The fourth-order valence-corrected chi connectivity index (χ4v) is 2.40. The van der Waals surface area contributed by atoms with Crippen LogP contribution in [0.5, 0.6) is 0 Å². The summed E-state index contributed by atoms with van der Waals surface area (Å²) in [5.74, 6) is 0. The maximum Gasteiger partial charge on any atom is -0.00244 e. The maximum atomic E-state index is 2.36. The molecule has 0 spiro atoms. The molecule has 0 aliphatic carbocycles. The molecule has 1 heteroatoms. The van der Waals surface area contributed by atoms with Gasteiger partial charge in [0.1, 0.15) is 0 Å². The molecule has 0 aliphatic heterocycles. The standard InChI is InChI=1S/C13H20.C7H17N/c1-3-5-6-7-13-10-8-12(4-2)9-11-13;1-4-6-8(3)7-5-2/h8-11H,3-7H2,1-2H3;4-7H2,1-3H3. The molecule has 0 aliphatic rings. The average Bonchev–Trinajstić information content (AvgIpc) is 2.49. The first-order chi connectivity index (χ1) is 10.2. The molecule has 0 fully saturated rings. The first-order valence-electron chi connectivity index (χ1n) is 8.94. The molecule has 0 unspecified atom stereocenters. The molecule has 21 heavy (non-hydrogen) atoms. The highest BCUT2D eigenvalue weighted by molar-refractivity contribution is 5.22. The van der Waals surface area contributed by atoms with Crippen molar-refractivity contribution in [3.63, 3.8) is 0 Å². The van der Waals surface area contributed by atoms with Gasteiger partial charge in [0.15, 0.2) is 0 Å². The third-order valence-corrected chi connectivity index (χ3v) is 3.71. The number of hydrogen-bond donors (Lipinski definition) is 0. The zero-order valence-electron chi connectivity index (χ0n) is 15.1. The van der Waals surface area contributed by atoms with Gasteiger partial charge in [-0.2, -0.15) is 0 Å². The second-order valence-electron chi connectivity index (χ2n) is 5.93. The van der Waals surface area contributed by atoms with E-state index in [1.54, 1.807) is 0 Å². The van der Waals surface area contributed by atoms with Crippen molar-refractivity contribution in [2.75, 3.05) is 20.1 Å². The largest absolute Gasteiger partial charge is 0.306 e. The highest BCUT2D eigenvalue weighted by atomic mass is 15.1. The molecule has 1 aromatic rings. The Kier molecular flexibility index (Phi) is 13.6. The van der Waals surface area contributed by atoms with Gasteiger partial charge in [-0.05, 0) is 63.4 Å². The van der Waals surface area contributed by atoms with Gasteiger partial charge in [-0.15, -0.1) is 0 Å². The predicted molar refractivity (Wildman–Crippen MR) is 97.1 cm³/mol. The lowest BCUT2D eigenvalue weighted by Gasteiger charge is -2.12. The normalized spacial score (nSPS) is 10.4. The Morgan fingerprint density at radius 2 is 1.24 bits per heavy atom. The molecule has 122 valence electrons. The lowest BCUT2D eigenvalue weighted by molar-refractivity contribution is 0.335. The summed E-state index contributed by atoms with van der Waals surface area (Å²) in [4.78, 5) is 2.36. The van der Waals surface area contributed by atoms with Crippen LogP contribution in [-0.4, -0.2) is 25.0 Å². The predicted octanol–water partition coefficient (Wildman–Crippen LogP) is 5.72. The van der Waals surface area contributed by atoms with Crippen LogP contribution in [0, 0.1) is 0 Å². The van der Waals surface area contributed by atoms with Gasteiger partial charge in [0.2, 0.25) is 0 Å². The van der Waals surface area contributed by atoms with Crippen molar-refractivity contribution in [3.8, 4) is 0 Å². The molecule has 1 nitrogen and oxygen atoms in total. The molecule has 0 saturated heterocycles. The van der Waals surface area contributed by atoms with E-state index in [1.165, 1.54) is 62.7 Å². The smallest absolute Gasteiger partial charge is 0.00244 e. The van der Waals surface area contributed by atoms with Crippen LogP contribution in [-0.2, 0) is 12.8 Å². The second kappa shape index (κ2) is 14.1. The third kappa shape index (κ3) is 11.5. The van der Waals surface area contributed by atoms with Crippen LogP contribution in [0.3, 0.4) is 0 Å². The lowest BCUT2D eigenvalue weighted by Crippen LogP contribution is -2.19. The Labute approximate surface area is 133 Å². The molecular formula is C20H37N. The highest BCUT2D eigenvalue weighted by Crippen LogP contribution is 2.08. The lowest BCUT2D eigenvalue weighted by atomic mass is 10.0. The van der Waals surface area contributed by atoms with Crippen LogP contribution < -0.4 is 0 Å². The van der Waals surface area contributed by atoms with Crippen LogP contribution in [0.25, 0.3) is 0 Å². The first kappa shape index (κ1) is 20.2. The summed E-state index contributed by atoms with van der Waals surface area (Å²) in [5.41, 5.74) is 2.94. The van der Waals surface area contributed by atoms with Gasteiger partial charge in [-0.3, -0.25) is 0 Å². The Balaban J connectivity index is 0.000000433. The molecule has 0 amide bonds. The average molecular weight is 292 g/mol. The van der Waals surface area contributed by atoms with Gasteiger partial charge >= 0.3 is 0 Å². The van der Waals surface area contributed by atoms with Crippen LogP contribution in [0.4, 0.5) is 0 Å². The van der Waals surface area contributed by atoms with E-state index in [0.717, 1.165) is 6.42 Å². The highest BCUT2D eigenvalue weighted by Gasteiger charge is 1.93. The fraction of sp³-hybridized carbons (Fsp3) is 0.700. The zero-order valence-corrected chi connectivity index (χ0v) is 15.1. The number of unbranched alkanes of at least 4 members (excludes halogenated alkanes) is 2. The summed E-state index contributed by atoms with van der Waals surface area (Å²) in [5, 5.41) is 0. The van der Waals surface area contributed by atoms with Crippen molar-refractivity contribution in [1.82, 2.24) is 4.90 Å². The van der Waals surface area contributed by atoms with E-state index >= 15 is 0 Å². The quantitative estimate of drug-likeness (QED) is 0.526. The van der Waals surface area contributed by atoms with Gasteiger partial charge in [0.25, 0.3) is 0 Å². The molecule has 0 saturated carbocycles. The van der Waals surface area contributed by atoms with Gasteiger partial charge in [-0.1, -0.05) is 64.8 Å². The molecule has 0 atom stereocenters. The zero-order chi connectivity index (χ0) is 15.9. The molecule has 0 radical (unpaired) electrons. The second-order valence-corrected chi connectivity index (χ2v) is 5.93. The summed E-state index contributed by atoms with van der Waals surface area (Å²) in [6.07, 6.45) is 8.95. The first-order valence-corrected chi connectivity index (χ1v) is 8.94. The van der Waals surface area contributed by atoms with Crippen LogP contribution in [0.15, 0.2) is 24.3 Å². The van der Waals surface area contributed by atoms with Crippen molar-refractivity contribution in [1.29, 1.82) is 0 Å². The summed E-state index contributed by atoms with van der Waals surface area (Å²) in [7, 11) is 2.17. The van der Waals surface area contributed by atoms with E-state index in [9.17, 15) is 0 Å². The van der Waals surface area contributed by atoms with Crippen molar-refractivity contribution >= 4 is 0 Å².